The van der Waals surface area contributed by atoms with E-state index in [1.807, 2.05) is 13.8 Å². The third-order valence-electron chi connectivity index (χ3n) is 3.12. The van der Waals surface area contributed by atoms with Crippen LogP contribution in [0.5, 0.6) is 0 Å². The van der Waals surface area contributed by atoms with E-state index < -0.39 is 11.5 Å². The number of methoxy groups -OCH3 is 1. The van der Waals surface area contributed by atoms with Crippen LogP contribution in [0.2, 0.25) is 0 Å². The van der Waals surface area contributed by atoms with Gasteiger partial charge in [0.2, 0.25) is 0 Å². The monoisotopic (exact) mass is 261 g/mol. The first-order valence-electron chi connectivity index (χ1n) is 6.36. The van der Waals surface area contributed by atoms with Gasteiger partial charge in [0.05, 0.1) is 5.60 Å². The minimum atomic E-state index is -1.13. The summed E-state index contributed by atoms with van der Waals surface area (Å²) >= 11 is 0. The summed E-state index contributed by atoms with van der Waals surface area (Å²) < 4.78 is 10.8. The predicted molar refractivity (Wildman–Crippen MR) is 70.6 cm³/mol. The molecule has 0 bridgehead atoms. The second-order valence-corrected chi connectivity index (χ2v) is 5.51. The highest BCUT2D eigenvalue weighted by atomic mass is 16.5. The van der Waals surface area contributed by atoms with Crippen LogP contribution in [0.25, 0.3) is 0 Å². The molecule has 0 amide bonds. The van der Waals surface area contributed by atoms with Gasteiger partial charge in [-0.05, 0) is 46.5 Å². The average Bonchev–Trinajstić information content (AvgIpc) is 2.27. The van der Waals surface area contributed by atoms with Gasteiger partial charge in [0, 0.05) is 20.3 Å². The zero-order chi connectivity index (χ0) is 14.2. The number of unbranched alkanes of at least 4 members (excludes halogenated alkanes) is 1. The summed E-state index contributed by atoms with van der Waals surface area (Å²) in [5, 5.41) is 8.83. The summed E-state index contributed by atoms with van der Waals surface area (Å²) in [7, 11) is 1.69. The van der Waals surface area contributed by atoms with Crippen molar-refractivity contribution in [3.05, 3.63) is 0 Å². The molecule has 0 aromatic rings. The molecule has 3 N–H and O–H groups in total. The predicted octanol–water partition coefficient (Wildman–Crippen LogP) is 1.79. The first kappa shape index (κ1) is 17.4. The molecule has 0 fully saturated rings. The van der Waals surface area contributed by atoms with Crippen molar-refractivity contribution >= 4 is 5.97 Å². The van der Waals surface area contributed by atoms with Gasteiger partial charge in [0.1, 0.15) is 5.54 Å². The molecule has 0 aromatic heterocycles. The maximum absolute atomic E-state index is 10.8. The zero-order valence-electron chi connectivity index (χ0n) is 12.0. The molecule has 0 saturated heterocycles. The Morgan fingerprint density at radius 1 is 1.17 bits per heavy atom. The van der Waals surface area contributed by atoms with E-state index >= 15 is 0 Å². The van der Waals surface area contributed by atoms with E-state index in [0.29, 0.717) is 19.6 Å². The fourth-order valence-electron chi connectivity index (χ4n) is 1.33. The summed E-state index contributed by atoms with van der Waals surface area (Å²) in [6.07, 6.45) is 2.89. The average molecular weight is 261 g/mol. The van der Waals surface area contributed by atoms with Gasteiger partial charge in [-0.3, -0.25) is 4.79 Å². The Hall–Kier alpha value is -0.650. The quantitative estimate of drug-likeness (QED) is 0.586. The Morgan fingerprint density at radius 2 is 1.78 bits per heavy atom. The Labute approximate surface area is 110 Å². The Bertz CT molecular complexity index is 251. The molecule has 5 nitrogen and oxygen atoms in total. The Morgan fingerprint density at radius 3 is 2.28 bits per heavy atom. The number of aliphatic carboxylic acids is 1. The van der Waals surface area contributed by atoms with Crippen LogP contribution in [-0.2, 0) is 14.3 Å². The lowest BCUT2D eigenvalue weighted by molar-refractivity contribution is -0.143. The highest BCUT2D eigenvalue weighted by Gasteiger charge is 2.26. The van der Waals surface area contributed by atoms with E-state index in [1.54, 1.807) is 7.11 Å². The molecule has 0 heterocycles. The molecular weight excluding hydrogens is 234 g/mol. The molecule has 0 radical (unpaired) electrons. The maximum Gasteiger partial charge on any atom is 0.323 e. The largest absolute Gasteiger partial charge is 0.480 e. The van der Waals surface area contributed by atoms with Gasteiger partial charge in [0.15, 0.2) is 0 Å². The van der Waals surface area contributed by atoms with Gasteiger partial charge in [-0.25, -0.2) is 0 Å². The molecule has 0 rings (SSSR count). The van der Waals surface area contributed by atoms with Crippen molar-refractivity contribution in [2.75, 3.05) is 20.3 Å². The fraction of sp³-hybridized carbons (Fsp3) is 0.923. The van der Waals surface area contributed by atoms with Crippen molar-refractivity contribution in [3.8, 4) is 0 Å². The molecule has 0 aliphatic heterocycles. The molecule has 5 heteroatoms. The lowest BCUT2D eigenvalue weighted by atomic mass is 9.97. The van der Waals surface area contributed by atoms with Crippen LogP contribution in [0.15, 0.2) is 0 Å². The number of rotatable bonds is 10. The van der Waals surface area contributed by atoms with Crippen molar-refractivity contribution in [3.63, 3.8) is 0 Å². The fourth-order valence-corrected chi connectivity index (χ4v) is 1.33. The van der Waals surface area contributed by atoms with Gasteiger partial charge < -0.3 is 20.3 Å². The molecule has 1 atom stereocenters. The van der Waals surface area contributed by atoms with Crippen LogP contribution in [0.4, 0.5) is 0 Å². The molecular formula is C13H27NO4. The molecule has 18 heavy (non-hydrogen) atoms. The molecule has 1 unspecified atom stereocenters. The van der Waals surface area contributed by atoms with Crippen LogP contribution < -0.4 is 5.73 Å². The lowest BCUT2D eigenvalue weighted by Crippen LogP contribution is -2.44. The summed E-state index contributed by atoms with van der Waals surface area (Å²) in [6.45, 7) is 6.86. The molecule has 0 spiro atoms. The second-order valence-electron chi connectivity index (χ2n) is 5.51. The highest BCUT2D eigenvalue weighted by Crippen LogP contribution is 2.13. The first-order chi connectivity index (χ1) is 8.21. The van der Waals surface area contributed by atoms with Crippen molar-refractivity contribution in [1.82, 2.24) is 0 Å². The zero-order valence-corrected chi connectivity index (χ0v) is 12.0. The van der Waals surface area contributed by atoms with Crippen LogP contribution in [0, 0.1) is 0 Å². The maximum atomic E-state index is 10.8. The molecule has 0 aromatic carbocycles. The Balaban J connectivity index is 3.51. The van der Waals surface area contributed by atoms with Crippen LogP contribution >= 0.6 is 0 Å². The summed E-state index contributed by atoms with van der Waals surface area (Å²) in [5.74, 6) is -0.953. The third kappa shape index (κ3) is 7.63. The molecule has 0 saturated carbocycles. The second kappa shape index (κ2) is 7.71. The normalized spacial score (nSPS) is 15.4. The van der Waals surface area contributed by atoms with E-state index in [9.17, 15) is 4.79 Å². The van der Waals surface area contributed by atoms with Crippen molar-refractivity contribution < 1.29 is 19.4 Å². The summed E-state index contributed by atoms with van der Waals surface area (Å²) in [6, 6.07) is 0. The standard InChI is InChI=1S/C13H27NO4/c1-12(2,17-4)8-10-18-9-6-5-7-13(3,14)11(15)16/h5-10,14H2,1-4H3,(H,15,16). The molecule has 108 valence electrons. The van der Waals surface area contributed by atoms with E-state index in [4.69, 9.17) is 20.3 Å². The number of carboxylic acid groups (broad SMARTS) is 1. The van der Waals surface area contributed by atoms with E-state index in [2.05, 4.69) is 0 Å². The van der Waals surface area contributed by atoms with Gasteiger partial charge >= 0.3 is 5.97 Å². The lowest BCUT2D eigenvalue weighted by Gasteiger charge is -2.22. The molecule has 0 aliphatic carbocycles. The smallest absolute Gasteiger partial charge is 0.323 e. The van der Waals surface area contributed by atoms with Crippen LogP contribution in [-0.4, -0.2) is 42.5 Å². The van der Waals surface area contributed by atoms with Crippen LogP contribution in [0.3, 0.4) is 0 Å². The Kier molecular flexibility index (Phi) is 7.43. The van der Waals surface area contributed by atoms with Crippen molar-refractivity contribution in [1.29, 1.82) is 0 Å². The SMILES string of the molecule is COC(C)(C)CCOCCCCC(C)(N)C(=O)O. The molecule has 0 aliphatic rings. The minimum Gasteiger partial charge on any atom is -0.480 e. The van der Waals surface area contributed by atoms with Crippen molar-refractivity contribution in [2.45, 2.75) is 57.6 Å². The first-order valence-corrected chi connectivity index (χ1v) is 6.36. The van der Waals surface area contributed by atoms with E-state index in [1.165, 1.54) is 6.92 Å². The topological polar surface area (TPSA) is 81.8 Å². The van der Waals surface area contributed by atoms with Gasteiger partial charge in [-0.1, -0.05) is 0 Å². The van der Waals surface area contributed by atoms with E-state index in [0.717, 1.165) is 19.3 Å². The number of hydrogen-bond acceptors (Lipinski definition) is 4. The van der Waals surface area contributed by atoms with Crippen molar-refractivity contribution in [2.24, 2.45) is 5.73 Å². The van der Waals surface area contributed by atoms with Crippen LogP contribution in [0.1, 0.15) is 46.5 Å². The number of hydrogen-bond donors (Lipinski definition) is 2. The highest BCUT2D eigenvalue weighted by molar-refractivity contribution is 5.77. The van der Waals surface area contributed by atoms with Gasteiger partial charge in [0.25, 0.3) is 0 Å². The van der Waals surface area contributed by atoms with Gasteiger partial charge in [-0.15, -0.1) is 0 Å². The number of carbonyl (C=O) groups is 1. The minimum absolute atomic E-state index is 0.154. The van der Waals surface area contributed by atoms with Gasteiger partial charge in [-0.2, -0.15) is 0 Å². The number of ether oxygens (including phenoxy) is 2. The van der Waals surface area contributed by atoms with E-state index in [-0.39, 0.29) is 5.60 Å². The summed E-state index contributed by atoms with van der Waals surface area (Å²) in [4.78, 5) is 10.8. The summed E-state index contributed by atoms with van der Waals surface area (Å²) in [5.41, 5.74) is 4.34. The number of carboxylic acids is 1. The third-order valence-corrected chi connectivity index (χ3v) is 3.12. The number of nitrogens with two attached hydrogens (primary N) is 1.